The predicted octanol–water partition coefficient (Wildman–Crippen LogP) is 5.72. The van der Waals surface area contributed by atoms with Gasteiger partial charge < -0.3 is 19.8 Å². The molecule has 9 nitrogen and oxygen atoms in total. The highest BCUT2D eigenvalue weighted by Crippen LogP contribution is 2.42. The Kier molecular flexibility index (Phi) is 8.42. The van der Waals surface area contributed by atoms with Gasteiger partial charge in [-0.2, -0.15) is 0 Å². The minimum Gasteiger partial charge on any atom is -0.393 e. The molecule has 4 aromatic rings. The molecule has 3 N–H and O–H groups in total. The summed E-state index contributed by atoms with van der Waals surface area (Å²) in [7, 11) is -3.81. The second-order valence-electron chi connectivity index (χ2n) is 11.1. The van der Waals surface area contributed by atoms with Gasteiger partial charge >= 0.3 is 6.09 Å². The number of ether oxygens (including phenoxy) is 2. The standard InChI is InChI=1S/C30H36N4O5S2/c1-20-5-12-26(40-20)27-24-19-22(33-41(36,37)23-9-6-21(7-10-23)30(2,3)4)8-11-25(24)32-28(27)39-29(35)31-13-14-34-15-17-38-18-16-34/h5-12,19,32-33H,13-18H2,1-4H3,(H,31,35). The van der Waals surface area contributed by atoms with Gasteiger partial charge in [0.25, 0.3) is 10.0 Å². The molecule has 5 rings (SSSR count). The molecule has 1 fully saturated rings. The maximum Gasteiger partial charge on any atom is 0.413 e. The van der Waals surface area contributed by atoms with Crippen molar-refractivity contribution >= 4 is 44.0 Å². The first kappa shape index (κ1) is 29.1. The average molecular weight is 597 g/mol. The van der Waals surface area contributed by atoms with E-state index in [0.29, 0.717) is 43.4 Å². The van der Waals surface area contributed by atoms with Crippen molar-refractivity contribution < 1.29 is 22.7 Å². The minimum atomic E-state index is -3.81. The summed E-state index contributed by atoms with van der Waals surface area (Å²) in [5.41, 5.74) is 2.81. The zero-order chi connectivity index (χ0) is 29.2. The van der Waals surface area contributed by atoms with Crippen LogP contribution in [-0.2, 0) is 20.2 Å². The van der Waals surface area contributed by atoms with Crippen LogP contribution in [-0.4, -0.2) is 63.8 Å². The summed E-state index contributed by atoms with van der Waals surface area (Å²) in [5, 5.41) is 3.57. The summed E-state index contributed by atoms with van der Waals surface area (Å²) < 4.78 is 40.3. The Hall–Kier alpha value is -3.38. The molecule has 0 saturated carbocycles. The summed E-state index contributed by atoms with van der Waals surface area (Å²) in [6, 6.07) is 16.1. The second-order valence-corrected chi connectivity index (χ2v) is 14.1. The number of rotatable bonds is 8. The Morgan fingerprint density at radius 2 is 1.80 bits per heavy atom. The number of nitrogens with one attached hydrogen (secondary N) is 3. The van der Waals surface area contributed by atoms with Crippen LogP contribution in [0, 0.1) is 6.92 Å². The SMILES string of the molecule is Cc1ccc(-c2c(OC(=O)NCCN3CCOCC3)[nH]c3ccc(NS(=O)(=O)c4ccc(C(C)(C)C)cc4)cc23)s1. The number of thiophene rings is 1. The first-order valence-electron chi connectivity index (χ1n) is 13.6. The Bertz CT molecular complexity index is 1630. The zero-order valence-electron chi connectivity index (χ0n) is 23.7. The van der Waals surface area contributed by atoms with Crippen LogP contribution < -0.4 is 14.8 Å². The maximum absolute atomic E-state index is 13.2. The van der Waals surface area contributed by atoms with Gasteiger partial charge in [-0.25, -0.2) is 13.2 Å². The monoisotopic (exact) mass is 596 g/mol. The summed E-state index contributed by atoms with van der Waals surface area (Å²) in [6.07, 6.45) is -0.557. The van der Waals surface area contributed by atoms with Gasteiger partial charge in [0.2, 0.25) is 5.88 Å². The number of benzene rings is 2. The van der Waals surface area contributed by atoms with E-state index < -0.39 is 16.1 Å². The van der Waals surface area contributed by atoms with Crippen LogP contribution >= 0.6 is 11.3 Å². The van der Waals surface area contributed by atoms with Gasteiger partial charge in [-0.3, -0.25) is 9.62 Å². The van der Waals surface area contributed by atoms with Crippen LogP contribution in [0.2, 0.25) is 0 Å². The van der Waals surface area contributed by atoms with Crippen LogP contribution in [0.5, 0.6) is 5.88 Å². The van der Waals surface area contributed by atoms with Gasteiger partial charge in [0.1, 0.15) is 0 Å². The van der Waals surface area contributed by atoms with E-state index in [9.17, 15) is 13.2 Å². The summed E-state index contributed by atoms with van der Waals surface area (Å²) in [4.78, 5) is 20.4. The lowest BCUT2D eigenvalue weighted by Crippen LogP contribution is -2.41. The maximum atomic E-state index is 13.2. The number of morpholine rings is 1. The lowest BCUT2D eigenvalue weighted by atomic mass is 9.87. The van der Waals surface area contributed by atoms with Crippen molar-refractivity contribution in [1.82, 2.24) is 15.2 Å². The number of fused-ring (bicyclic) bond motifs is 1. The molecule has 0 spiro atoms. The molecule has 11 heteroatoms. The number of hydrogen-bond donors (Lipinski definition) is 3. The topological polar surface area (TPSA) is 113 Å². The number of carbonyl (C=O) groups excluding carboxylic acids is 1. The Morgan fingerprint density at radius 1 is 1.07 bits per heavy atom. The number of amides is 1. The zero-order valence-corrected chi connectivity index (χ0v) is 25.4. The predicted molar refractivity (Wildman–Crippen MR) is 164 cm³/mol. The number of aromatic amines is 1. The lowest BCUT2D eigenvalue weighted by Gasteiger charge is -2.26. The molecule has 1 amide bonds. The quantitative estimate of drug-likeness (QED) is 0.240. The molecule has 1 aliphatic heterocycles. The van der Waals surface area contributed by atoms with E-state index in [1.165, 1.54) is 0 Å². The van der Waals surface area contributed by atoms with Crippen molar-refractivity contribution in [1.29, 1.82) is 0 Å². The third-order valence-corrected chi connectivity index (χ3v) is 9.44. The van der Waals surface area contributed by atoms with Gasteiger partial charge in [-0.1, -0.05) is 32.9 Å². The number of carbonyl (C=O) groups is 1. The van der Waals surface area contributed by atoms with Crippen molar-refractivity contribution in [2.75, 3.05) is 44.1 Å². The normalized spacial score (nSPS) is 14.7. The molecule has 1 aliphatic rings. The average Bonchev–Trinajstić information content (AvgIpc) is 3.50. The lowest BCUT2D eigenvalue weighted by molar-refractivity contribution is 0.0385. The fourth-order valence-electron chi connectivity index (χ4n) is 4.74. The van der Waals surface area contributed by atoms with E-state index in [1.807, 2.05) is 31.2 Å². The molecule has 0 unspecified atom stereocenters. The fourth-order valence-corrected chi connectivity index (χ4v) is 6.71. The number of hydrogen-bond acceptors (Lipinski definition) is 7. The summed E-state index contributed by atoms with van der Waals surface area (Å²) in [5.74, 6) is 0.309. The molecule has 0 aliphatic carbocycles. The number of aromatic nitrogens is 1. The number of aryl methyl sites for hydroxylation is 1. The highest BCUT2D eigenvalue weighted by Gasteiger charge is 2.22. The van der Waals surface area contributed by atoms with E-state index in [2.05, 4.69) is 40.7 Å². The first-order chi connectivity index (χ1) is 19.5. The van der Waals surface area contributed by atoms with Crippen molar-refractivity contribution in [3.8, 4) is 16.3 Å². The second kappa shape index (κ2) is 11.8. The van der Waals surface area contributed by atoms with Gasteiger partial charge in [-0.05, 0) is 60.4 Å². The largest absolute Gasteiger partial charge is 0.413 e. The molecular formula is C30H36N4O5S2. The van der Waals surface area contributed by atoms with Crippen molar-refractivity contribution in [3.63, 3.8) is 0 Å². The fraction of sp³-hybridized carbons (Fsp3) is 0.367. The molecule has 218 valence electrons. The highest BCUT2D eigenvalue weighted by atomic mass is 32.2. The van der Waals surface area contributed by atoms with Crippen molar-refractivity contribution in [3.05, 3.63) is 65.0 Å². The van der Waals surface area contributed by atoms with E-state index in [4.69, 9.17) is 9.47 Å². The Balaban J connectivity index is 1.38. The number of H-pyrrole nitrogens is 1. The molecular weight excluding hydrogens is 560 g/mol. The minimum absolute atomic E-state index is 0.0784. The summed E-state index contributed by atoms with van der Waals surface area (Å²) in [6.45, 7) is 12.5. The van der Waals surface area contributed by atoms with Gasteiger partial charge in [0, 0.05) is 52.5 Å². The van der Waals surface area contributed by atoms with Crippen LogP contribution in [0.25, 0.3) is 21.3 Å². The molecule has 41 heavy (non-hydrogen) atoms. The molecule has 3 heterocycles. The first-order valence-corrected chi connectivity index (χ1v) is 15.9. The Labute approximate surface area is 244 Å². The van der Waals surface area contributed by atoms with E-state index in [1.54, 1.807) is 41.7 Å². The molecule has 0 radical (unpaired) electrons. The molecule has 2 aromatic carbocycles. The van der Waals surface area contributed by atoms with E-state index >= 15 is 0 Å². The number of anilines is 1. The molecule has 0 bridgehead atoms. The van der Waals surface area contributed by atoms with E-state index in [-0.39, 0.29) is 10.3 Å². The smallest absolute Gasteiger partial charge is 0.393 e. The third kappa shape index (κ3) is 6.92. The van der Waals surface area contributed by atoms with Crippen LogP contribution in [0.3, 0.4) is 0 Å². The number of nitrogens with zero attached hydrogens (tertiary/aromatic N) is 1. The molecule has 1 saturated heterocycles. The van der Waals surface area contributed by atoms with Crippen LogP contribution in [0.1, 0.15) is 31.2 Å². The highest BCUT2D eigenvalue weighted by molar-refractivity contribution is 7.92. The van der Waals surface area contributed by atoms with Gasteiger partial charge in [-0.15, -0.1) is 11.3 Å². The summed E-state index contributed by atoms with van der Waals surface area (Å²) >= 11 is 1.57. The van der Waals surface area contributed by atoms with Crippen LogP contribution in [0.4, 0.5) is 10.5 Å². The molecule has 0 atom stereocenters. The number of sulfonamides is 1. The Morgan fingerprint density at radius 3 is 2.46 bits per heavy atom. The van der Waals surface area contributed by atoms with Crippen molar-refractivity contribution in [2.45, 2.75) is 38.0 Å². The van der Waals surface area contributed by atoms with Gasteiger partial charge in [0.05, 0.1) is 23.7 Å². The van der Waals surface area contributed by atoms with Gasteiger partial charge in [0.15, 0.2) is 0 Å². The van der Waals surface area contributed by atoms with Crippen molar-refractivity contribution in [2.24, 2.45) is 0 Å². The molecule has 2 aromatic heterocycles. The third-order valence-electron chi connectivity index (χ3n) is 7.03. The van der Waals surface area contributed by atoms with Crippen LogP contribution in [0.15, 0.2) is 59.5 Å². The van der Waals surface area contributed by atoms with E-state index in [0.717, 1.165) is 39.3 Å².